The monoisotopic (exact) mass is 301 g/mol. The van der Waals surface area contributed by atoms with Gasteiger partial charge < -0.3 is 14.8 Å². The average molecular weight is 302 g/mol. The minimum atomic E-state index is 0.103. The fraction of sp³-hybridized carbons (Fsp3) is 0.312. The number of H-pyrrole nitrogens is 1. The molecule has 1 aromatic carbocycles. The Labute approximate surface area is 127 Å². The van der Waals surface area contributed by atoms with Crippen molar-refractivity contribution in [3.63, 3.8) is 0 Å². The number of hydrogen-bond acceptors (Lipinski definition) is 3. The van der Waals surface area contributed by atoms with Crippen LogP contribution in [0.2, 0.25) is 5.02 Å². The van der Waals surface area contributed by atoms with Crippen molar-refractivity contribution in [1.29, 1.82) is 0 Å². The Kier molecular flexibility index (Phi) is 2.84. The lowest BCUT2D eigenvalue weighted by Gasteiger charge is -2.24. The van der Waals surface area contributed by atoms with E-state index >= 15 is 0 Å². The van der Waals surface area contributed by atoms with Crippen molar-refractivity contribution in [3.05, 3.63) is 51.5 Å². The van der Waals surface area contributed by atoms with E-state index in [0.717, 1.165) is 40.5 Å². The van der Waals surface area contributed by atoms with Gasteiger partial charge in [0, 0.05) is 33.7 Å². The molecule has 0 bridgehead atoms. The highest BCUT2D eigenvalue weighted by Gasteiger charge is 2.29. The van der Waals surface area contributed by atoms with Crippen LogP contribution in [0.25, 0.3) is 10.9 Å². The van der Waals surface area contributed by atoms with Gasteiger partial charge in [-0.05, 0) is 44.0 Å². The van der Waals surface area contributed by atoms with Crippen molar-refractivity contribution < 1.29 is 4.52 Å². The number of aromatic nitrogens is 2. The van der Waals surface area contributed by atoms with Gasteiger partial charge in [0.05, 0.1) is 11.7 Å². The molecule has 0 saturated heterocycles. The smallest absolute Gasteiger partial charge is 0.139 e. The second kappa shape index (κ2) is 4.61. The van der Waals surface area contributed by atoms with E-state index in [1.165, 1.54) is 16.6 Å². The molecule has 0 radical (unpaired) electrons. The number of halogens is 1. The van der Waals surface area contributed by atoms with E-state index in [9.17, 15) is 0 Å². The third-order valence-electron chi connectivity index (χ3n) is 4.29. The predicted octanol–water partition coefficient (Wildman–Crippen LogP) is 3.66. The second-order valence-electron chi connectivity index (χ2n) is 5.58. The molecule has 2 aromatic heterocycles. The molecule has 4 nitrogen and oxygen atoms in total. The maximum atomic E-state index is 6.15. The van der Waals surface area contributed by atoms with Crippen LogP contribution in [0.4, 0.5) is 0 Å². The highest BCUT2D eigenvalue weighted by Crippen LogP contribution is 2.36. The van der Waals surface area contributed by atoms with Crippen molar-refractivity contribution in [2.24, 2.45) is 0 Å². The van der Waals surface area contributed by atoms with Crippen LogP contribution in [0.15, 0.2) is 22.7 Å². The first-order valence-corrected chi connectivity index (χ1v) is 7.49. The van der Waals surface area contributed by atoms with E-state index in [0.29, 0.717) is 0 Å². The van der Waals surface area contributed by atoms with E-state index in [-0.39, 0.29) is 6.04 Å². The molecule has 2 N–H and O–H groups in total. The Bertz CT molecular complexity index is 814. The zero-order valence-corrected chi connectivity index (χ0v) is 12.7. The highest BCUT2D eigenvalue weighted by atomic mass is 35.5. The molecule has 0 spiro atoms. The van der Waals surface area contributed by atoms with E-state index in [1.54, 1.807) is 0 Å². The minimum absolute atomic E-state index is 0.103. The van der Waals surface area contributed by atoms with Gasteiger partial charge in [-0.15, -0.1) is 0 Å². The SMILES string of the molecule is Cc1noc(C)c1C1NCCc2c1[nH]c1ccc(Cl)cc21. The van der Waals surface area contributed by atoms with Gasteiger partial charge in [0.25, 0.3) is 0 Å². The van der Waals surface area contributed by atoms with Crippen molar-refractivity contribution in [2.75, 3.05) is 6.54 Å². The molecule has 4 rings (SSSR count). The van der Waals surface area contributed by atoms with Gasteiger partial charge in [0.1, 0.15) is 5.76 Å². The van der Waals surface area contributed by atoms with Crippen molar-refractivity contribution in [3.8, 4) is 0 Å². The standard InChI is InChI=1S/C16H16ClN3O/c1-8-14(9(2)21-20-8)16-15-11(5-6-18-16)12-7-10(17)3-4-13(12)19-15/h3-4,7,16,18-19H,5-6H2,1-2H3. The van der Waals surface area contributed by atoms with Gasteiger partial charge in [-0.2, -0.15) is 0 Å². The van der Waals surface area contributed by atoms with Crippen molar-refractivity contribution >= 4 is 22.5 Å². The largest absolute Gasteiger partial charge is 0.361 e. The number of aryl methyl sites for hydroxylation is 2. The van der Waals surface area contributed by atoms with Gasteiger partial charge in [-0.25, -0.2) is 0 Å². The van der Waals surface area contributed by atoms with Gasteiger partial charge in [-0.1, -0.05) is 16.8 Å². The Morgan fingerprint density at radius 3 is 2.95 bits per heavy atom. The van der Waals surface area contributed by atoms with Crippen LogP contribution in [-0.4, -0.2) is 16.7 Å². The summed E-state index contributed by atoms with van der Waals surface area (Å²) in [7, 11) is 0. The minimum Gasteiger partial charge on any atom is -0.361 e. The fourth-order valence-electron chi connectivity index (χ4n) is 3.35. The average Bonchev–Trinajstić information content (AvgIpc) is 2.99. The zero-order valence-electron chi connectivity index (χ0n) is 12.0. The summed E-state index contributed by atoms with van der Waals surface area (Å²) in [6, 6.07) is 6.11. The van der Waals surface area contributed by atoms with Gasteiger partial charge in [-0.3, -0.25) is 0 Å². The number of aromatic amines is 1. The van der Waals surface area contributed by atoms with Crippen LogP contribution < -0.4 is 5.32 Å². The van der Waals surface area contributed by atoms with Gasteiger partial charge in [0.2, 0.25) is 0 Å². The first-order valence-electron chi connectivity index (χ1n) is 7.11. The fourth-order valence-corrected chi connectivity index (χ4v) is 3.52. The molecule has 1 atom stereocenters. The van der Waals surface area contributed by atoms with Crippen LogP contribution in [0.3, 0.4) is 0 Å². The lowest BCUT2D eigenvalue weighted by atomic mass is 9.93. The van der Waals surface area contributed by atoms with Crippen LogP contribution >= 0.6 is 11.6 Å². The Balaban J connectivity index is 1.94. The number of hydrogen-bond donors (Lipinski definition) is 2. The number of nitrogens with zero attached hydrogens (tertiary/aromatic N) is 1. The lowest BCUT2D eigenvalue weighted by molar-refractivity contribution is 0.390. The van der Waals surface area contributed by atoms with Crippen molar-refractivity contribution in [2.45, 2.75) is 26.3 Å². The summed E-state index contributed by atoms with van der Waals surface area (Å²) >= 11 is 6.15. The normalized spacial score (nSPS) is 18.1. The summed E-state index contributed by atoms with van der Waals surface area (Å²) in [5.41, 5.74) is 5.75. The molecule has 21 heavy (non-hydrogen) atoms. The first kappa shape index (κ1) is 12.9. The van der Waals surface area contributed by atoms with Crippen LogP contribution in [0, 0.1) is 13.8 Å². The Morgan fingerprint density at radius 2 is 2.19 bits per heavy atom. The van der Waals surface area contributed by atoms with Crippen LogP contribution in [0.1, 0.15) is 34.3 Å². The molecule has 3 heterocycles. The highest BCUT2D eigenvalue weighted by molar-refractivity contribution is 6.31. The van der Waals surface area contributed by atoms with E-state index in [2.05, 4.69) is 15.5 Å². The molecular formula is C16H16ClN3O. The quantitative estimate of drug-likeness (QED) is 0.721. The summed E-state index contributed by atoms with van der Waals surface area (Å²) in [6.07, 6.45) is 0.996. The topological polar surface area (TPSA) is 53.9 Å². The van der Waals surface area contributed by atoms with E-state index in [1.807, 2.05) is 32.0 Å². The number of rotatable bonds is 1. The number of fused-ring (bicyclic) bond motifs is 3. The molecule has 1 aliphatic rings. The third kappa shape index (κ3) is 1.90. The number of benzene rings is 1. The molecule has 1 unspecified atom stereocenters. The maximum absolute atomic E-state index is 6.15. The molecule has 1 aliphatic heterocycles. The van der Waals surface area contributed by atoms with Gasteiger partial charge >= 0.3 is 0 Å². The molecular weight excluding hydrogens is 286 g/mol. The molecule has 0 aliphatic carbocycles. The molecule has 108 valence electrons. The summed E-state index contributed by atoms with van der Waals surface area (Å²) < 4.78 is 5.33. The van der Waals surface area contributed by atoms with Gasteiger partial charge in [0.15, 0.2) is 0 Å². The summed E-state index contributed by atoms with van der Waals surface area (Å²) in [5, 5.41) is 9.65. The molecule has 0 saturated carbocycles. The van der Waals surface area contributed by atoms with E-state index < -0.39 is 0 Å². The summed E-state index contributed by atoms with van der Waals surface area (Å²) in [6.45, 7) is 4.88. The van der Waals surface area contributed by atoms with Crippen molar-refractivity contribution in [1.82, 2.24) is 15.5 Å². The first-order chi connectivity index (χ1) is 10.1. The lowest BCUT2D eigenvalue weighted by Crippen LogP contribution is -2.31. The zero-order chi connectivity index (χ0) is 14.6. The second-order valence-corrected chi connectivity index (χ2v) is 6.02. The van der Waals surface area contributed by atoms with E-state index in [4.69, 9.17) is 16.1 Å². The van der Waals surface area contributed by atoms with Crippen LogP contribution in [0.5, 0.6) is 0 Å². The summed E-state index contributed by atoms with van der Waals surface area (Å²) in [4.78, 5) is 3.55. The summed E-state index contributed by atoms with van der Waals surface area (Å²) in [5.74, 6) is 0.870. The molecule has 0 amide bonds. The molecule has 3 aromatic rings. The predicted molar refractivity (Wildman–Crippen MR) is 82.8 cm³/mol. The Hall–Kier alpha value is -1.78. The Morgan fingerprint density at radius 1 is 1.33 bits per heavy atom. The third-order valence-corrected chi connectivity index (χ3v) is 4.53. The van der Waals surface area contributed by atoms with Crippen LogP contribution in [-0.2, 0) is 6.42 Å². The molecule has 0 fully saturated rings. The molecule has 5 heteroatoms. The number of nitrogens with one attached hydrogen (secondary N) is 2. The maximum Gasteiger partial charge on any atom is 0.139 e.